The summed E-state index contributed by atoms with van der Waals surface area (Å²) < 4.78 is 11.9. The minimum atomic E-state index is 0. The average Bonchev–Trinajstić information content (AvgIpc) is 2.87. The van der Waals surface area contributed by atoms with E-state index in [0.717, 1.165) is 23.1 Å². The molecule has 1 aliphatic rings. The number of hydrogen-bond acceptors (Lipinski definition) is 1. The Hall–Kier alpha value is 3.88. The summed E-state index contributed by atoms with van der Waals surface area (Å²) in [4.78, 5) is 0. The van der Waals surface area contributed by atoms with Crippen LogP contribution in [0.25, 0.3) is 0 Å². The first-order valence-corrected chi connectivity index (χ1v) is 8.25. The largest absolute Gasteiger partial charge is 0 e. The Kier molecular flexibility index (Phi) is 31.3. The summed E-state index contributed by atoms with van der Waals surface area (Å²) in [6, 6.07) is 0. The molecule has 0 aromatic rings. The zero-order valence-electron chi connectivity index (χ0n) is 12.0. The van der Waals surface area contributed by atoms with E-state index in [0.29, 0.717) is 5.92 Å². The minimum absolute atomic E-state index is 0. The molecule has 21 heavy (non-hydrogen) atoms. The van der Waals surface area contributed by atoms with Crippen LogP contribution in [0.5, 0.6) is 0 Å². The standard InChI is InChI=1S/C14H14O.3W.3Y.H2/c1-11(2)12(3)9-15-10-13(4)14-7-5-6-8-14;;;;;;;/h5-7,9-10,14H,8H2,1,3H3;;;;;;;1H/q-4;;;;;;;/b12-11?,13-10-;;;;;;;/i;;;;;;;1+1. The molecule has 0 aromatic heterocycles. The van der Waals surface area contributed by atoms with Crippen molar-refractivity contribution in [1.82, 2.24) is 0 Å². The molecule has 1 atom stereocenters. The van der Waals surface area contributed by atoms with E-state index < -0.39 is 0 Å². The van der Waals surface area contributed by atoms with Crippen molar-refractivity contribution in [1.29, 1.82) is 0 Å². The molecule has 0 N–H and O–H groups in total. The first kappa shape index (κ1) is 32.5. The molecule has 1 rings (SSSR count). The summed E-state index contributed by atoms with van der Waals surface area (Å²) in [5.41, 5.74) is 3.41. The van der Waals surface area contributed by atoms with Gasteiger partial charge in [0.25, 0.3) is 0 Å². The Morgan fingerprint density at radius 2 is 1.95 bits per heavy atom. The monoisotopic (exact) mass is 1020 g/mol. The smallest absolute Gasteiger partial charge is 0 e. The number of hydrogen-bond donors (Lipinski definition) is 0. The quantitative estimate of drug-likeness (QED) is 0.295. The molecule has 0 heterocycles. The summed E-state index contributed by atoms with van der Waals surface area (Å²) in [6.07, 6.45) is 9.33. The number of allylic oxidation sites excluding steroid dienone is 4. The third kappa shape index (κ3) is 13.7. The van der Waals surface area contributed by atoms with Crippen molar-refractivity contribution in [2.45, 2.75) is 20.3 Å². The van der Waals surface area contributed by atoms with E-state index in [-0.39, 0.29) is 121 Å². The van der Waals surface area contributed by atoms with Crippen molar-refractivity contribution in [3.05, 3.63) is 48.2 Å². The van der Waals surface area contributed by atoms with Crippen LogP contribution >= 0.6 is 0 Å². The maximum absolute atomic E-state index is 5.51. The van der Waals surface area contributed by atoms with Crippen molar-refractivity contribution in [3.63, 3.8) is 0 Å². The molecular weight excluding hydrogens is 1000 g/mol. The topological polar surface area (TPSA) is 9.23 Å². The van der Waals surface area contributed by atoms with E-state index >= 15 is 0 Å². The number of rotatable bonds is 6. The maximum Gasteiger partial charge on any atom is 0 e. The molecule has 0 bridgehead atoms. The molecule has 0 saturated carbocycles. The molecule has 0 aromatic carbocycles. The van der Waals surface area contributed by atoms with E-state index in [1.165, 1.54) is 38.7 Å². The second-order valence-corrected chi connectivity index (χ2v) is 5.27. The van der Waals surface area contributed by atoms with Crippen LogP contribution in [0.1, 0.15) is 21.7 Å². The van der Waals surface area contributed by atoms with Crippen molar-refractivity contribution < 1.29 is 164 Å². The van der Waals surface area contributed by atoms with Gasteiger partial charge in [0.2, 0.25) is 0 Å². The molecular formula is C14H16OW3Y3-4. The van der Waals surface area contributed by atoms with Crippen molar-refractivity contribution in [2.75, 3.05) is 0 Å². The Morgan fingerprint density at radius 3 is 2.38 bits per heavy atom. The number of ether oxygens (including phenoxy) is 1. The summed E-state index contributed by atoms with van der Waals surface area (Å²) in [5, 5.41) is 0. The third-order valence-corrected chi connectivity index (χ3v) is 4.52. The van der Waals surface area contributed by atoms with Crippen molar-refractivity contribution in [3.8, 4) is 0 Å². The van der Waals surface area contributed by atoms with Crippen LogP contribution in [-0.4, -0.2) is 8.80 Å². The zero-order chi connectivity index (χ0) is 12.7. The van der Waals surface area contributed by atoms with Crippen LogP contribution in [0.3, 0.4) is 0 Å². The van der Waals surface area contributed by atoms with E-state index in [4.69, 9.17) is 4.74 Å². The van der Waals surface area contributed by atoms with Gasteiger partial charge in [0.05, 0.1) is 0 Å². The summed E-state index contributed by atoms with van der Waals surface area (Å²) in [5.74, 6) is 0.444. The van der Waals surface area contributed by atoms with Crippen molar-refractivity contribution in [2.24, 2.45) is 5.92 Å². The van der Waals surface area contributed by atoms with E-state index in [1.54, 1.807) is 12.9 Å². The maximum atomic E-state index is 5.51. The third-order valence-electron chi connectivity index (χ3n) is 2.57. The van der Waals surface area contributed by atoms with Crippen LogP contribution in [0.2, 0.25) is 0 Å². The van der Waals surface area contributed by atoms with Gasteiger partial charge in [-0.3, -0.25) is 0 Å². The van der Waals surface area contributed by atoms with Gasteiger partial charge in [-0.15, -0.1) is 0 Å². The summed E-state index contributed by atoms with van der Waals surface area (Å²) >= 11 is 2.67. The summed E-state index contributed by atoms with van der Waals surface area (Å²) in [6.45, 7) is 5.86. The second kappa shape index (κ2) is 20.2. The minimum Gasteiger partial charge on any atom is 0 e. The van der Waals surface area contributed by atoms with Crippen LogP contribution in [0, 0.1) is 18.9 Å². The fourth-order valence-corrected chi connectivity index (χ4v) is 2.61. The molecule has 1 aliphatic carbocycles. The van der Waals surface area contributed by atoms with Gasteiger partial charge in [0.1, 0.15) is 0 Å². The molecule has 7 heteroatoms. The Labute approximate surface area is 242 Å². The van der Waals surface area contributed by atoms with E-state index in [1.807, 2.05) is 13.8 Å². The summed E-state index contributed by atoms with van der Waals surface area (Å²) in [7, 11) is 0. The molecule has 109 valence electrons. The fourth-order valence-electron chi connectivity index (χ4n) is 1.31. The molecule has 0 fully saturated rings. The molecule has 0 spiro atoms. The first-order valence-electron chi connectivity index (χ1n) is 5.31. The predicted octanol–water partition coefficient (Wildman–Crippen LogP) is 2.85. The van der Waals surface area contributed by atoms with Crippen LogP contribution in [-0.2, 0) is 163 Å². The van der Waals surface area contributed by atoms with Crippen LogP contribution < -0.4 is 0 Å². The van der Waals surface area contributed by atoms with E-state index in [2.05, 4.69) is 27.4 Å². The van der Waals surface area contributed by atoms with Crippen molar-refractivity contribution >= 4 is 8.80 Å². The van der Waals surface area contributed by atoms with Gasteiger partial charge in [-0.1, -0.05) is 0 Å². The average molecular weight is 1020 g/mol. The van der Waals surface area contributed by atoms with Gasteiger partial charge in [0.15, 0.2) is 0 Å². The van der Waals surface area contributed by atoms with Gasteiger partial charge in [-0.2, -0.15) is 0 Å². The first-order chi connectivity index (χ1) is 8.19. The Morgan fingerprint density at radius 1 is 1.33 bits per heavy atom. The molecule has 0 aliphatic heterocycles. The normalized spacial score (nSPS) is 16.5. The fraction of sp³-hybridized carbons (Fsp3) is 0.286. The van der Waals surface area contributed by atoms with E-state index in [9.17, 15) is 0 Å². The predicted molar refractivity (Wildman–Crippen MR) is 65.5 cm³/mol. The van der Waals surface area contributed by atoms with Gasteiger partial charge in [0, 0.05) is 121 Å². The SMILES string of the molecule is CC([C-]=[W])=C(C)[CH-]O/C=C(/[C-]=[W])C1[CH-]C=CC1.[2HH].[W].[Y].[Y].[Y]. The van der Waals surface area contributed by atoms with Crippen LogP contribution in [0.15, 0.2) is 35.1 Å². The second-order valence-electron chi connectivity index (χ2n) is 3.80. The zero-order valence-corrected chi connectivity index (χ0v) is 29.4. The van der Waals surface area contributed by atoms with Gasteiger partial charge in [-0.05, 0) is 0 Å². The van der Waals surface area contributed by atoms with Gasteiger partial charge < -0.3 is 0 Å². The molecule has 1 unspecified atom stereocenters. The molecule has 0 amide bonds. The molecule has 3 radical (unpaired) electrons. The molecule has 0 saturated heterocycles. The Balaban J connectivity index is -0.000000193. The molecule has 1 nitrogen and oxygen atoms in total. The van der Waals surface area contributed by atoms with Gasteiger partial charge >= 0.3 is 127 Å². The van der Waals surface area contributed by atoms with Crippen LogP contribution in [0.4, 0.5) is 0 Å². The van der Waals surface area contributed by atoms with Gasteiger partial charge in [-0.25, -0.2) is 0 Å². The Bertz CT molecular complexity index is 391.